The number of rotatable bonds is 14. The molecule has 0 aliphatic heterocycles. The molecule has 2 aromatic rings. The van der Waals surface area contributed by atoms with E-state index in [1.54, 1.807) is 24.9 Å². The van der Waals surface area contributed by atoms with E-state index in [2.05, 4.69) is 57.1 Å². The van der Waals surface area contributed by atoms with Crippen LogP contribution in [0.25, 0.3) is 5.69 Å². The number of aromatic nitrogens is 3. The predicted octanol–water partition coefficient (Wildman–Crippen LogP) is 8.67. The molecule has 0 saturated heterocycles. The molecular formula is C40H57N3O5. The van der Waals surface area contributed by atoms with Gasteiger partial charge in [0.15, 0.2) is 0 Å². The molecule has 2 aliphatic rings. The fourth-order valence-electron chi connectivity index (χ4n) is 8.29. The van der Waals surface area contributed by atoms with E-state index in [9.17, 15) is 14.7 Å². The molecule has 0 bridgehead atoms. The van der Waals surface area contributed by atoms with Gasteiger partial charge in [-0.1, -0.05) is 55.4 Å². The molecule has 8 heteroatoms. The zero-order valence-corrected chi connectivity index (χ0v) is 30.5. The Hall–Kier alpha value is -3.52. The molecule has 0 radical (unpaired) electrons. The van der Waals surface area contributed by atoms with Gasteiger partial charge < -0.3 is 14.6 Å². The minimum absolute atomic E-state index is 0.00974. The number of carbonyl (C=O) groups is 2. The monoisotopic (exact) mass is 659 g/mol. The highest BCUT2D eigenvalue weighted by molar-refractivity contribution is 5.87. The predicted molar refractivity (Wildman–Crippen MR) is 190 cm³/mol. The largest absolute Gasteiger partial charge is 0.497 e. The second kappa shape index (κ2) is 15.8. The van der Waals surface area contributed by atoms with Crippen LogP contribution in [-0.2, 0) is 20.9 Å². The Morgan fingerprint density at radius 2 is 1.62 bits per heavy atom. The lowest BCUT2D eigenvalue weighted by Gasteiger charge is -2.60. The number of ether oxygens (including phenoxy) is 2. The molecule has 2 fully saturated rings. The van der Waals surface area contributed by atoms with E-state index in [4.69, 9.17) is 9.47 Å². The highest BCUT2D eigenvalue weighted by atomic mass is 16.5. The number of esters is 1. The first-order valence-corrected chi connectivity index (χ1v) is 17.6. The molecule has 4 rings (SSSR count). The maximum Gasteiger partial charge on any atom is 0.333 e. The van der Waals surface area contributed by atoms with Crippen molar-refractivity contribution in [3.05, 3.63) is 71.1 Å². The van der Waals surface area contributed by atoms with Crippen molar-refractivity contribution in [2.24, 2.45) is 22.7 Å². The van der Waals surface area contributed by atoms with E-state index in [1.807, 2.05) is 37.3 Å². The Morgan fingerprint density at radius 1 is 0.979 bits per heavy atom. The van der Waals surface area contributed by atoms with Gasteiger partial charge in [0, 0.05) is 17.4 Å². The Balaban J connectivity index is 1.18. The summed E-state index contributed by atoms with van der Waals surface area (Å²) < 4.78 is 12.3. The first-order chi connectivity index (χ1) is 22.7. The summed E-state index contributed by atoms with van der Waals surface area (Å²) in [5, 5.41) is 19.7. The summed E-state index contributed by atoms with van der Waals surface area (Å²) >= 11 is 0. The van der Waals surface area contributed by atoms with Gasteiger partial charge in [-0.25, -0.2) is 9.48 Å². The first kappa shape index (κ1) is 37.3. The molecule has 0 unspecified atom stereocenters. The summed E-state index contributed by atoms with van der Waals surface area (Å²) in [5.74, 6) is 1.32. The number of benzene rings is 1. The third-order valence-electron chi connectivity index (χ3n) is 11.3. The number of carbonyl (C=O) groups excluding carboxylic acids is 2. The van der Waals surface area contributed by atoms with Crippen LogP contribution in [0.2, 0.25) is 0 Å². The molecule has 4 atom stereocenters. The lowest BCUT2D eigenvalue weighted by atomic mass is 9.45. The van der Waals surface area contributed by atoms with Crippen molar-refractivity contribution in [1.29, 1.82) is 0 Å². The molecule has 48 heavy (non-hydrogen) atoms. The number of hydrogen-bond acceptors (Lipinski definition) is 7. The second-order valence-electron chi connectivity index (χ2n) is 15.2. The van der Waals surface area contributed by atoms with E-state index >= 15 is 0 Å². The highest BCUT2D eigenvalue weighted by Gasteiger charge is 2.59. The summed E-state index contributed by atoms with van der Waals surface area (Å²) in [6.45, 7) is 14.8. The van der Waals surface area contributed by atoms with E-state index in [0.717, 1.165) is 69.2 Å². The van der Waals surface area contributed by atoms with Gasteiger partial charge in [-0.05, 0) is 127 Å². The summed E-state index contributed by atoms with van der Waals surface area (Å²) in [6, 6.07) is 7.47. The van der Waals surface area contributed by atoms with Crippen molar-refractivity contribution in [1.82, 2.24) is 15.0 Å². The fraction of sp³-hybridized carbons (Fsp3) is 0.600. The van der Waals surface area contributed by atoms with Crippen molar-refractivity contribution in [3.8, 4) is 11.4 Å². The lowest BCUT2D eigenvalue weighted by Crippen LogP contribution is -2.59. The van der Waals surface area contributed by atoms with Crippen LogP contribution in [0.5, 0.6) is 5.75 Å². The molecule has 262 valence electrons. The van der Waals surface area contributed by atoms with E-state index in [1.165, 1.54) is 11.1 Å². The standard InChI is InChI=1S/C40H57N3O5/c1-28(14-10-16-30(3)37(45)48-27-31-26-43(42-41-31)32-18-20-33(47-8)21-19-32)12-9-13-29(2)15-11-17-35-39(6)24-23-36(44)38(4,5)34(39)22-25-40(35,7)46/h12,15-16,18-21,26,34-35,46H,9-11,13-14,17,22-25,27H2,1-8H3/b28-12+,29-15+,30-16+/t34-,35-,39+,40-/m1/s1. The van der Waals surface area contributed by atoms with Crippen molar-refractivity contribution in [2.45, 2.75) is 125 Å². The van der Waals surface area contributed by atoms with Crippen molar-refractivity contribution in [3.63, 3.8) is 0 Å². The van der Waals surface area contributed by atoms with Crippen LogP contribution in [0.15, 0.2) is 65.4 Å². The third kappa shape index (κ3) is 8.93. The Morgan fingerprint density at radius 3 is 2.29 bits per heavy atom. The number of ketones is 1. The van der Waals surface area contributed by atoms with Crippen LogP contribution in [0.3, 0.4) is 0 Å². The number of hydrogen-bond donors (Lipinski definition) is 1. The quantitative estimate of drug-likeness (QED) is 0.123. The van der Waals surface area contributed by atoms with E-state index < -0.39 is 5.60 Å². The zero-order valence-electron chi connectivity index (χ0n) is 30.5. The smallest absolute Gasteiger partial charge is 0.333 e. The van der Waals surface area contributed by atoms with Crippen LogP contribution in [0.1, 0.15) is 118 Å². The van der Waals surface area contributed by atoms with Crippen LogP contribution < -0.4 is 4.74 Å². The van der Waals surface area contributed by atoms with Crippen LogP contribution in [0.4, 0.5) is 0 Å². The van der Waals surface area contributed by atoms with Crippen molar-refractivity contribution < 1.29 is 24.2 Å². The minimum Gasteiger partial charge on any atom is -0.497 e. The number of aliphatic hydroxyl groups is 1. The van der Waals surface area contributed by atoms with Crippen LogP contribution in [-0.4, -0.2) is 44.6 Å². The molecule has 8 nitrogen and oxygen atoms in total. The maximum absolute atomic E-state index is 12.8. The topological polar surface area (TPSA) is 104 Å². The maximum atomic E-state index is 12.8. The Bertz CT molecular complexity index is 1510. The van der Waals surface area contributed by atoms with Crippen LogP contribution in [0, 0.1) is 22.7 Å². The minimum atomic E-state index is -0.688. The molecule has 2 aliphatic carbocycles. The second-order valence-corrected chi connectivity index (χ2v) is 15.2. The van der Waals surface area contributed by atoms with Crippen molar-refractivity contribution >= 4 is 11.8 Å². The van der Waals surface area contributed by atoms with E-state index in [0.29, 0.717) is 29.4 Å². The highest BCUT2D eigenvalue weighted by Crippen LogP contribution is 2.62. The first-order valence-electron chi connectivity index (χ1n) is 17.6. The molecule has 1 heterocycles. The molecule has 1 N–H and O–H groups in total. The van der Waals surface area contributed by atoms with Gasteiger partial charge >= 0.3 is 5.97 Å². The summed E-state index contributed by atoms with van der Waals surface area (Å²) in [4.78, 5) is 25.3. The summed E-state index contributed by atoms with van der Waals surface area (Å²) in [5.41, 5.74) is 3.68. The van der Waals surface area contributed by atoms with Crippen LogP contribution >= 0.6 is 0 Å². The van der Waals surface area contributed by atoms with Gasteiger partial charge in [0.1, 0.15) is 23.8 Å². The molecule has 0 spiro atoms. The van der Waals surface area contributed by atoms with Gasteiger partial charge in [0.2, 0.25) is 0 Å². The van der Waals surface area contributed by atoms with Crippen molar-refractivity contribution in [2.75, 3.05) is 7.11 Å². The number of Topliss-reactive ketones (excluding diaryl/α,β-unsaturated/α-hetero) is 1. The summed E-state index contributed by atoms with van der Waals surface area (Å²) in [6.07, 6.45) is 17.1. The zero-order chi connectivity index (χ0) is 35.1. The fourth-order valence-corrected chi connectivity index (χ4v) is 8.29. The molecule has 1 aromatic carbocycles. The molecule has 1 aromatic heterocycles. The van der Waals surface area contributed by atoms with Gasteiger partial charge in [-0.3, -0.25) is 4.79 Å². The SMILES string of the molecule is COc1ccc(-n2cc(COC(=O)/C(C)=C/CC/C(C)=C/CC/C(C)=C/CC[C@@H]3[C@@]4(C)CCC(=O)C(C)(C)[C@H]4CC[C@@]3(C)O)nn2)cc1. The number of fused-ring (bicyclic) bond motifs is 1. The van der Waals surface area contributed by atoms with E-state index in [-0.39, 0.29) is 29.3 Å². The van der Waals surface area contributed by atoms with Gasteiger partial charge in [0.25, 0.3) is 0 Å². The van der Waals surface area contributed by atoms with Gasteiger partial charge in [-0.15, -0.1) is 5.10 Å². The average molecular weight is 660 g/mol. The third-order valence-corrected chi connectivity index (χ3v) is 11.3. The molecule has 0 amide bonds. The Labute approximate surface area is 287 Å². The molecular weight excluding hydrogens is 602 g/mol. The lowest BCUT2D eigenvalue weighted by molar-refractivity contribution is -0.177. The van der Waals surface area contributed by atoms with Gasteiger partial charge in [-0.2, -0.15) is 0 Å². The average Bonchev–Trinajstić information content (AvgIpc) is 3.52. The summed E-state index contributed by atoms with van der Waals surface area (Å²) in [7, 11) is 1.62. The van der Waals surface area contributed by atoms with Gasteiger partial charge in [0.05, 0.1) is 24.6 Å². The molecule has 2 saturated carbocycles. The number of methoxy groups -OCH3 is 1. The normalized spacial score (nSPS) is 26.3. The number of nitrogens with zero attached hydrogens (tertiary/aromatic N) is 3. The number of allylic oxidation sites excluding steroid dienone is 5. The Kier molecular flexibility index (Phi) is 12.3.